The molecule has 0 unspecified atom stereocenters. The maximum atomic E-state index is 12.9. The van der Waals surface area contributed by atoms with Gasteiger partial charge in [-0.05, 0) is 42.5 Å². The van der Waals surface area contributed by atoms with Gasteiger partial charge in [-0.1, -0.05) is 36.4 Å². The van der Waals surface area contributed by atoms with Crippen LogP contribution in [0.2, 0.25) is 0 Å². The first-order chi connectivity index (χ1) is 15.6. The number of ether oxygens (including phenoxy) is 2. The third kappa shape index (κ3) is 4.46. The Balaban J connectivity index is 1.66. The fourth-order valence-electron chi connectivity index (χ4n) is 3.68. The first-order valence-electron chi connectivity index (χ1n) is 10.2. The number of nitrogens with one attached hydrogen (secondary N) is 2. The highest BCUT2D eigenvalue weighted by Gasteiger charge is 2.47. The number of methoxy groups -OCH3 is 2. The van der Waals surface area contributed by atoms with Crippen LogP contribution in [0.4, 0.5) is 0 Å². The van der Waals surface area contributed by atoms with Gasteiger partial charge in [0.1, 0.15) is 11.5 Å². The number of hydrogen-bond donors (Lipinski definition) is 2. The molecule has 4 rings (SSSR count). The molecule has 3 aromatic rings. The summed E-state index contributed by atoms with van der Waals surface area (Å²) in [5, 5.41) is 2.89. The lowest BCUT2D eigenvalue weighted by molar-refractivity contribution is -0.596. The quantitative estimate of drug-likeness (QED) is 0.590. The van der Waals surface area contributed by atoms with Crippen molar-refractivity contribution in [1.29, 1.82) is 0 Å². The molecule has 1 fully saturated rings. The SMILES string of the molecule is COc1ccc(C(=O)N[C@@H]2C(=O)N/[N+](=C\c3cccc(OC)c3)[C@H]2c2ccccc2)cc1. The Morgan fingerprint density at radius 2 is 1.66 bits per heavy atom. The molecule has 2 atom stereocenters. The van der Waals surface area contributed by atoms with Crippen LogP contribution in [-0.4, -0.2) is 43.0 Å². The largest absolute Gasteiger partial charge is 0.497 e. The molecule has 3 aromatic carbocycles. The average Bonchev–Trinajstić information content (AvgIpc) is 3.13. The van der Waals surface area contributed by atoms with Crippen LogP contribution in [0.25, 0.3) is 0 Å². The molecule has 162 valence electrons. The molecule has 0 aromatic heterocycles. The number of hydrogen-bond acceptors (Lipinski definition) is 4. The highest BCUT2D eigenvalue weighted by Crippen LogP contribution is 2.26. The summed E-state index contributed by atoms with van der Waals surface area (Å²) in [5.74, 6) is 0.739. The molecule has 1 saturated heterocycles. The van der Waals surface area contributed by atoms with Crippen LogP contribution in [0.1, 0.15) is 27.5 Å². The summed E-state index contributed by atoms with van der Waals surface area (Å²) in [5.41, 5.74) is 5.07. The zero-order chi connectivity index (χ0) is 22.5. The van der Waals surface area contributed by atoms with E-state index in [0.717, 1.165) is 11.1 Å². The Labute approximate surface area is 186 Å². The van der Waals surface area contributed by atoms with Crippen LogP contribution < -0.4 is 20.2 Å². The van der Waals surface area contributed by atoms with Crippen LogP contribution in [0.15, 0.2) is 78.9 Å². The van der Waals surface area contributed by atoms with E-state index in [2.05, 4.69) is 10.7 Å². The standard InChI is InChI=1S/C25H23N3O4/c1-31-20-13-11-19(12-14-20)24(29)26-22-23(18-8-4-3-5-9-18)28(27-25(22)30)16-17-7-6-10-21(15-17)32-2/h3-16,22-23H,1-2H3,(H-,26,27,29,30)/p+1/b28-16-/t22-,23-/m0/s1. The number of amides is 2. The van der Waals surface area contributed by atoms with Crippen LogP contribution in [-0.2, 0) is 4.79 Å². The van der Waals surface area contributed by atoms with Gasteiger partial charge in [-0.25, -0.2) is 0 Å². The summed E-state index contributed by atoms with van der Waals surface area (Å²) in [6.07, 6.45) is 1.83. The zero-order valence-electron chi connectivity index (χ0n) is 17.8. The van der Waals surface area contributed by atoms with Crippen LogP contribution in [0.3, 0.4) is 0 Å². The van der Waals surface area contributed by atoms with E-state index in [-0.39, 0.29) is 11.8 Å². The Kier molecular flexibility index (Phi) is 6.17. The topological polar surface area (TPSA) is 79.7 Å². The first kappa shape index (κ1) is 21.1. The van der Waals surface area contributed by atoms with Crippen LogP contribution >= 0.6 is 0 Å². The minimum atomic E-state index is -0.783. The van der Waals surface area contributed by atoms with Gasteiger partial charge in [0.2, 0.25) is 12.3 Å². The summed E-state index contributed by atoms with van der Waals surface area (Å²) >= 11 is 0. The fraction of sp³-hybridized carbons (Fsp3) is 0.160. The Bertz CT molecular complexity index is 1140. The van der Waals surface area contributed by atoms with Gasteiger partial charge in [0.05, 0.1) is 14.2 Å². The van der Waals surface area contributed by atoms with E-state index < -0.39 is 12.1 Å². The summed E-state index contributed by atoms with van der Waals surface area (Å²) in [7, 11) is 3.17. The second kappa shape index (κ2) is 9.34. The first-order valence-corrected chi connectivity index (χ1v) is 10.2. The normalized spacial score (nSPS) is 18.8. The predicted octanol–water partition coefficient (Wildman–Crippen LogP) is 2.72. The zero-order valence-corrected chi connectivity index (χ0v) is 17.8. The van der Waals surface area contributed by atoms with Crippen molar-refractivity contribution in [2.45, 2.75) is 12.1 Å². The van der Waals surface area contributed by atoms with Gasteiger partial charge in [-0.2, -0.15) is 0 Å². The van der Waals surface area contributed by atoms with Gasteiger partial charge < -0.3 is 14.8 Å². The molecule has 1 aliphatic rings. The van der Waals surface area contributed by atoms with E-state index in [1.807, 2.05) is 60.8 Å². The fourth-order valence-corrected chi connectivity index (χ4v) is 3.68. The Morgan fingerprint density at radius 1 is 0.938 bits per heavy atom. The Hall–Kier alpha value is -4.13. The molecular formula is C25H24N3O4+. The molecule has 0 bridgehead atoms. The summed E-state index contributed by atoms with van der Waals surface area (Å²) < 4.78 is 12.2. The second-order valence-corrected chi connectivity index (χ2v) is 7.32. The van der Waals surface area contributed by atoms with Crippen molar-refractivity contribution in [3.05, 3.63) is 95.6 Å². The van der Waals surface area contributed by atoms with Gasteiger partial charge in [-0.3, -0.25) is 9.59 Å². The molecule has 7 nitrogen and oxygen atoms in total. The predicted molar refractivity (Wildman–Crippen MR) is 120 cm³/mol. The van der Waals surface area contributed by atoms with E-state index in [0.29, 0.717) is 17.1 Å². The maximum Gasteiger partial charge on any atom is 0.304 e. The minimum absolute atomic E-state index is 0.292. The number of rotatable bonds is 6. The van der Waals surface area contributed by atoms with Crippen molar-refractivity contribution >= 4 is 18.0 Å². The number of nitrogens with zero attached hydrogens (tertiary/aromatic N) is 1. The summed E-state index contributed by atoms with van der Waals surface area (Å²) in [4.78, 5) is 25.8. The van der Waals surface area contributed by atoms with E-state index in [9.17, 15) is 9.59 Å². The van der Waals surface area contributed by atoms with E-state index >= 15 is 0 Å². The summed E-state index contributed by atoms with van der Waals surface area (Å²) in [6.45, 7) is 0. The van der Waals surface area contributed by atoms with Crippen molar-refractivity contribution in [3.8, 4) is 11.5 Å². The number of carbonyl (C=O) groups excluding carboxylic acids is 2. The molecule has 2 amide bonds. The highest BCUT2D eigenvalue weighted by atomic mass is 16.5. The van der Waals surface area contributed by atoms with Crippen molar-refractivity contribution in [3.63, 3.8) is 0 Å². The summed E-state index contributed by atoms with van der Waals surface area (Å²) in [6, 6.07) is 22.6. The molecule has 7 heteroatoms. The number of hydrazine groups is 1. The van der Waals surface area contributed by atoms with Crippen molar-refractivity contribution in [1.82, 2.24) is 10.7 Å². The highest BCUT2D eigenvalue weighted by molar-refractivity contribution is 5.98. The van der Waals surface area contributed by atoms with Crippen molar-refractivity contribution < 1.29 is 23.7 Å². The Morgan fingerprint density at radius 3 is 2.34 bits per heavy atom. The third-order valence-electron chi connectivity index (χ3n) is 5.30. The number of hydrazone groups is 1. The van der Waals surface area contributed by atoms with E-state index in [1.54, 1.807) is 43.2 Å². The van der Waals surface area contributed by atoms with Crippen LogP contribution in [0, 0.1) is 0 Å². The maximum absolute atomic E-state index is 12.9. The van der Waals surface area contributed by atoms with E-state index in [1.165, 1.54) is 0 Å². The lowest BCUT2D eigenvalue weighted by atomic mass is 10.00. The van der Waals surface area contributed by atoms with Gasteiger partial charge in [-0.15, -0.1) is 10.1 Å². The van der Waals surface area contributed by atoms with Gasteiger partial charge in [0, 0.05) is 16.7 Å². The second-order valence-electron chi connectivity index (χ2n) is 7.32. The average molecular weight is 430 g/mol. The van der Waals surface area contributed by atoms with Crippen LogP contribution in [0.5, 0.6) is 11.5 Å². The molecule has 0 aliphatic carbocycles. The molecule has 1 heterocycles. The molecule has 0 radical (unpaired) electrons. The molecule has 2 N–H and O–H groups in total. The molecular weight excluding hydrogens is 406 g/mol. The monoisotopic (exact) mass is 430 g/mol. The molecule has 0 saturated carbocycles. The van der Waals surface area contributed by atoms with Gasteiger partial charge in [0.15, 0.2) is 6.04 Å². The van der Waals surface area contributed by atoms with Gasteiger partial charge in [0.25, 0.3) is 5.91 Å². The minimum Gasteiger partial charge on any atom is -0.497 e. The lowest BCUT2D eigenvalue weighted by Crippen LogP contribution is -2.42. The van der Waals surface area contributed by atoms with Crippen molar-refractivity contribution in [2.24, 2.45) is 0 Å². The number of benzene rings is 3. The smallest absolute Gasteiger partial charge is 0.304 e. The number of carbonyl (C=O) groups is 2. The molecule has 1 aliphatic heterocycles. The lowest BCUT2D eigenvalue weighted by Gasteiger charge is -2.15. The third-order valence-corrected chi connectivity index (χ3v) is 5.30. The van der Waals surface area contributed by atoms with Crippen molar-refractivity contribution in [2.75, 3.05) is 14.2 Å². The van der Waals surface area contributed by atoms with E-state index in [4.69, 9.17) is 9.47 Å². The molecule has 0 spiro atoms. The molecule has 32 heavy (non-hydrogen) atoms. The van der Waals surface area contributed by atoms with Gasteiger partial charge >= 0.3 is 5.91 Å².